The van der Waals surface area contributed by atoms with Crippen molar-refractivity contribution in [2.45, 2.75) is 6.10 Å². The molecule has 0 aliphatic carbocycles. The number of esters is 1. The predicted molar refractivity (Wildman–Crippen MR) is 139 cm³/mol. The van der Waals surface area contributed by atoms with Crippen molar-refractivity contribution < 1.29 is 28.8 Å². The minimum atomic E-state index is -1.21. The maximum absolute atomic E-state index is 13.3. The van der Waals surface area contributed by atoms with Crippen molar-refractivity contribution in [1.29, 1.82) is 0 Å². The van der Waals surface area contributed by atoms with Crippen molar-refractivity contribution in [3.05, 3.63) is 135 Å². The van der Waals surface area contributed by atoms with Crippen LogP contribution in [0.4, 0.5) is 11.4 Å². The van der Waals surface area contributed by atoms with Crippen LogP contribution in [0.3, 0.4) is 0 Å². The van der Waals surface area contributed by atoms with Gasteiger partial charge in [0.1, 0.15) is 5.75 Å². The van der Waals surface area contributed by atoms with Gasteiger partial charge >= 0.3 is 5.97 Å². The number of Topliss-reactive ketones (excluding diaryl/α,β-unsaturated/α-hetero) is 1. The molecular weight excluding hydrogens is 488 g/mol. The van der Waals surface area contributed by atoms with Crippen LogP contribution in [-0.4, -0.2) is 29.7 Å². The number of non-ortho nitro benzene ring substituents is 1. The number of nitro groups is 1. The third-order valence-electron chi connectivity index (χ3n) is 5.62. The first-order valence-electron chi connectivity index (χ1n) is 11.5. The van der Waals surface area contributed by atoms with Gasteiger partial charge in [0, 0.05) is 34.5 Å². The fourth-order valence-corrected chi connectivity index (χ4v) is 3.67. The molecule has 190 valence electrons. The Morgan fingerprint density at radius 2 is 1.47 bits per heavy atom. The number of nitrogens with zero attached hydrogens (tertiary/aromatic N) is 1. The summed E-state index contributed by atoms with van der Waals surface area (Å²) in [6.45, 7) is 0. The molecule has 0 heterocycles. The van der Waals surface area contributed by atoms with Crippen LogP contribution in [0.5, 0.6) is 5.75 Å². The second-order valence-electron chi connectivity index (χ2n) is 8.13. The number of methoxy groups -OCH3 is 1. The van der Waals surface area contributed by atoms with Crippen molar-refractivity contribution in [2.24, 2.45) is 0 Å². The minimum absolute atomic E-state index is 0.0846. The van der Waals surface area contributed by atoms with Crippen LogP contribution in [0.2, 0.25) is 0 Å². The molecule has 0 aromatic heterocycles. The van der Waals surface area contributed by atoms with E-state index in [2.05, 4.69) is 5.32 Å². The molecule has 1 N–H and O–H groups in total. The summed E-state index contributed by atoms with van der Waals surface area (Å²) in [6.07, 6.45) is -1.21. The van der Waals surface area contributed by atoms with Gasteiger partial charge in [0.2, 0.25) is 5.78 Å². The third-order valence-corrected chi connectivity index (χ3v) is 5.62. The second-order valence-corrected chi connectivity index (χ2v) is 8.13. The summed E-state index contributed by atoms with van der Waals surface area (Å²) < 4.78 is 10.8. The highest BCUT2D eigenvalue weighted by molar-refractivity contribution is 6.05. The number of carbonyl (C=O) groups is 3. The standard InChI is InChI=1S/C29H22N2O7/c1-37-25-15-13-19(14-16-25)26(32)27(20-7-3-2-4-8-20)38-29(34)22-10-5-11-23(17-22)30-28(33)21-9-6-12-24(18-21)31(35)36/h2-18,27H,1H3,(H,30,33)/t27-/m0/s1. The normalized spacial score (nSPS) is 11.2. The summed E-state index contributed by atoms with van der Waals surface area (Å²) in [6, 6.07) is 26.4. The number of hydrogen-bond donors (Lipinski definition) is 1. The molecule has 0 aliphatic heterocycles. The zero-order valence-corrected chi connectivity index (χ0v) is 20.2. The first-order chi connectivity index (χ1) is 18.4. The van der Waals surface area contributed by atoms with Gasteiger partial charge in [0.25, 0.3) is 11.6 Å². The summed E-state index contributed by atoms with van der Waals surface area (Å²) in [5.41, 5.74) is 1.08. The fraction of sp³-hybridized carbons (Fsp3) is 0.0690. The van der Waals surface area contributed by atoms with E-state index >= 15 is 0 Å². The van der Waals surface area contributed by atoms with E-state index < -0.39 is 28.7 Å². The van der Waals surface area contributed by atoms with Gasteiger partial charge in [0.15, 0.2) is 6.10 Å². The number of hydrogen-bond acceptors (Lipinski definition) is 7. The van der Waals surface area contributed by atoms with Gasteiger partial charge < -0.3 is 14.8 Å². The Kier molecular flexibility index (Phi) is 7.88. The van der Waals surface area contributed by atoms with Crippen LogP contribution in [0.25, 0.3) is 0 Å². The molecule has 4 aromatic carbocycles. The Bertz CT molecular complexity index is 1480. The maximum atomic E-state index is 13.3. The van der Waals surface area contributed by atoms with E-state index in [0.29, 0.717) is 16.9 Å². The topological polar surface area (TPSA) is 125 Å². The molecular formula is C29H22N2O7. The summed E-state index contributed by atoms with van der Waals surface area (Å²) in [4.78, 5) is 49.5. The average molecular weight is 511 g/mol. The third kappa shape index (κ3) is 6.08. The molecule has 0 spiro atoms. The van der Waals surface area contributed by atoms with Gasteiger partial charge in [-0.25, -0.2) is 4.79 Å². The second kappa shape index (κ2) is 11.6. The van der Waals surface area contributed by atoms with Gasteiger partial charge in [-0.3, -0.25) is 19.7 Å². The number of ether oxygens (including phenoxy) is 2. The van der Waals surface area contributed by atoms with Crippen LogP contribution < -0.4 is 10.1 Å². The smallest absolute Gasteiger partial charge is 0.339 e. The minimum Gasteiger partial charge on any atom is -0.497 e. The quantitative estimate of drug-likeness (QED) is 0.134. The highest BCUT2D eigenvalue weighted by Gasteiger charge is 2.27. The number of carbonyl (C=O) groups excluding carboxylic acids is 3. The Morgan fingerprint density at radius 1 is 0.789 bits per heavy atom. The lowest BCUT2D eigenvalue weighted by molar-refractivity contribution is -0.384. The number of nitro benzene ring substituents is 1. The van der Waals surface area contributed by atoms with E-state index in [-0.39, 0.29) is 22.5 Å². The summed E-state index contributed by atoms with van der Waals surface area (Å²) in [5.74, 6) is -1.19. The van der Waals surface area contributed by atoms with Crippen LogP contribution in [-0.2, 0) is 4.74 Å². The number of rotatable bonds is 9. The lowest BCUT2D eigenvalue weighted by Gasteiger charge is -2.18. The van der Waals surface area contributed by atoms with Gasteiger partial charge in [0.05, 0.1) is 17.6 Å². The van der Waals surface area contributed by atoms with Crippen molar-refractivity contribution in [3.8, 4) is 5.75 Å². The highest BCUT2D eigenvalue weighted by Crippen LogP contribution is 2.26. The summed E-state index contributed by atoms with van der Waals surface area (Å²) in [7, 11) is 1.52. The fourth-order valence-electron chi connectivity index (χ4n) is 3.67. The van der Waals surface area contributed by atoms with E-state index in [1.165, 1.54) is 37.4 Å². The summed E-state index contributed by atoms with van der Waals surface area (Å²) >= 11 is 0. The zero-order chi connectivity index (χ0) is 27.1. The average Bonchev–Trinajstić information content (AvgIpc) is 2.96. The molecule has 0 saturated heterocycles. The van der Waals surface area contributed by atoms with Gasteiger partial charge in [-0.15, -0.1) is 0 Å². The van der Waals surface area contributed by atoms with Crippen LogP contribution in [0.1, 0.15) is 42.7 Å². The Morgan fingerprint density at radius 3 is 2.16 bits per heavy atom. The van der Waals surface area contributed by atoms with Crippen molar-refractivity contribution in [3.63, 3.8) is 0 Å². The SMILES string of the molecule is COc1ccc(C(=O)[C@@H](OC(=O)c2cccc(NC(=O)c3cccc([N+](=O)[O-])c3)c2)c2ccccc2)cc1. The summed E-state index contributed by atoms with van der Waals surface area (Å²) in [5, 5.41) is 13.6. The Labute approximate surface area is 217 Å². The predicted octanol–water partition coefficient (Wildman–Crippen LogP) is 5.64. The zero-order valence-electron chi connectivity index (χ0n) is 20.2. The van der Waals surface area contributed by atoms with Gasteiger partial charge in [-0.1, -0.05) is 42.5 Å². The van der Waals surface area contributed by atoms with Gasteiger partial charge in [-0.2, -0.15) is 0 Å². The van der Waals surface area contributed by atoms with E-state index in [1.54, 1.807) is 66.7 Å². The molecule has 1 amide bonds. The van der Waals surface area contributed by atoms with Crippen LogP contribution >= 0.6 is 0 Å². The number of benzene rings is 4. The van der Waals surface area contributed by atoms with Crippen LogP contribution in [0, 0.1) is 10.1 Å². The molecule has 0 fully saturated rings. The molecule has 0 aliphatic rings. The number of anilines is 1. The first kappa shape index (κ1) is 25.8. The lowest BCUT2D eigenvalue weighted by atomic mass is 9.99. The molecule has 0 radical (unpaired) electrons. The molecule has 38 heavy (non-hydrogen) atoms. The molecule has 9 nitrogen and oxygen atoms in total. The van der Waals surface area contributed by atoms with Crippen molar-refractivity contribution in [1.82, 2.24) is 0 Å². The molecule has 4 rings (SSSR count). The Hall–Kier alpha value is -5.31. The highest BCUT2D eigenvalue weighted by atomic mass is 16.6. The Balaban J connectivity index is 1.54. The molecule has 1 atom stereocenters. The van der Waals surface area contributed by atoms with Crippen molar-refractivity contribution >= 4 is 29.0 Å². The van der Waals surface area contributed by atoms with E-state index in [1.807, 2.05) is 0 Å². The van der Waals surface area contributed by atoms with Gasteiger partial charge in [-0.05, 0) is 48.5 Å². The number of ketones is 1. The lowest BCUT2D eigenvalue weighted by Crippen LogP contribution is -2.20. The largest absolute Gasteiger partial charge is 0.497 e. The molecule has 0 unspecified atom stereocenters. The molecule has 0 saturated carbocycles. The molecule has 4 aromatic rings. The van der Waals surface area contributed by atoms with E-state index in [0.717, 1.165) is 6.07 Å². The van der Waals surface area contributed by atoms with Crippen LogP contribution in [0.15, 0.2) is 103 Å². The van der Waals surface area contributed by atoms with E-state index in [9.17, 15) is 24.5 Å². The first-order valence-corrected chi connectivity index (χ1v) is 11.5. The molecule has 9 heteroatoms. The maximum Gasteiger partial charge on any atom is 0.339 e. The molecule has 0 bridgehead atoms. The monoisotopic (exact) mass is 510 g/mol. The van der Waals surface area contributed by atoms with Crippen molar-refractivity contribution in [2.75, 3.05) is 12.4 Å². The number of nitrogens with one attached hydrogen (secondary N) is 1. The number of amides is 1. The van der Waals surface area contributed by atoms with E-state index in [4.69, 9.17) is 9.47 Å².